The first-order valence-electron chi connectivity index (χ1n) is 11.4. The maximum absolute atomic E-state index is 12.8. The lowest BCUT2D eigenvalue weighted by Gasteiger charge is -2.35. The molecule has 1 aromatic carbocycles. The van der Waals surface area contributed by atoms with Gasteiger partial charge >= 0.3 is 0 Å². The van der Waals surface area contributed by atoms with Crippen molar-refractivity contribution in [3.8, 4) is 17.2 Å². The second-order valence-electron chi connectivity index (χ2n) is 9.12. The molecule has 3 fully saturated rings. The first-order valence-corrected chi connectivity index (χ1v) is 11.4. The predicted molar refractivity (Wildman–Crippen MR) is 111 cm³/mol. The van der Waals surface area contributed by atoms with Gasteiger partial charge in [-0.25, -0.2) is 0 Å². The van der Waals surface area contributed by atoms with Crippen molar-refractivity contribution in [1.82, 2.24) is 9.80 Å². The summed E-state index contributed by atoms with van der Waals surface area (Å²) in [5.74, 6) is 2.91. The van der Waals surface area contributed by atoms with E-state index >= 15 is 0 Å². The highest BCUT2D eigenvalue weighted by atomic mass is 16.7. The van der Waals surface area contributed by atoms with Gasteiger partial charge < -0.3 is 29.1 Å². The van der Waals surface area contributed by atoms with E-state index in [2.05, 4.69) is 0 Å². The van der Waals surface area contributed by atoms with Gasteiger partial charge in [-0.1, -0.05) is 0 Å². The Morgan fingerprint density at radius 3 is 2.77 bits per heavy atom. The van der Waals surface area contributed by atoms with E-state index in [1.165, 1.54) is 0 Å². The Kier molecular flexibility index (Phi) is 5.65. The molecule has 8 nitrogen and oxygen atoms in total. The van der Waals surface area contributed by atoms with Gasteiger partial charge in [0.15, 0.2) is 11.5 Å². The largest absolute Gasteiger partial charge is 0.488 e. The van der Waals surface area contributed by atoms with Gasteiger partial charge in [-0.05, 0) is 49.7 Å². The predicted octanol–water partition coefficient (Wildman–Crippen LogP) is 1.79. The average Bonchev–Trinajstić information content (AvgIpc) is 3.39. The Morgan fingerprint density at radius 2 is 1.94 bits per heavy atom. The van der Waals surface area contributed by atoms with Crippen molar-refractivity contribution in [1.29, 1.82) is 0 Å². The molecule has 1 saturated carbocycles. The highest BCUT2D eigenvalue weighted by Crippen LogP contribution is 2.40. The average molecular weight is 431 g/mol. The summed E-state index contributed by atoms with van der Waals surface area (Å²) in [4.78, 5) is 28.5. The summed E-state index contributed by atoms with van der Waals surface area (Å²) < 4.78 is 16.8. The Hall–Kier alpha value is -2.48. The van der Waals surface area contributed by atoms with Crippen LogP contribution in [-0.2, 0) is 9.59 Å². The molecule has 0 spiro atoms. The molecule has 0 bridgehead atoms. The van der Waals surface area contributed by atoms with Crippen molar-refractivity contribution < 1.29 is 28.9 Å². The van der Waals surface area contributed by atoms with Gasteiger partial charge in [0.05, 0.1) is 6.10 Å². The zero-order valence-electron chi connectivity index (χ0n) is 17.7. The molecule has 0 radical (unpaired) electrons. The number of aliphatic hydroxyl groups excluding tert-OH is 1. The molecule has 0 aromatic heterocycles. The third-order valence-corrected chi connectivity index (χ3v) is 7.09. The van der Waals surface area contributed by atoms with E-state index in [0.717, 1.165) is 19.4 Å². The normalized spacial score (nSPS) is 29.8. The number of carbonyl (C=O) groups is 2. The summed E-state index contributed by atoms with van der Waals surface area (Å²) in [7, 11) is 0. The molecule has 3 aliphatic heterocycles. The Labute approximate surface area is 182 Å². The zero-order chi connectivity index (χ0) is 21.4. The summed E-state index contributed by atoms with van der Waals surface area (Å²) in [5.41, 5.74) is 0. The second kappa shape index (κ2) is 8.57. The molecule has 1 aromatic rings. The quantitative estimate of drug-likeness (QED) is 0.766. The van der Waals surface area contributed by atoms with Crippen molar-refractivity contribution in [3.63, 3.8) is 0 Å². The fraction of sp³-hybridized carbons (Fsp3) is 0.652. The maximum atomic E-state index is 12.8. The van der Waals surface area contributed by atoms with E-state index in [1.54, 1.807) is 6.07 Å². The third kappa shape index (κ3) is 4.31. The lowest BCUT2D eigenvalue weighted by atomic mass is 9.78. The van der Waals surface area contributed by atoms with Gasteiger partial charge in [0.25, 0.3) is 0 Å². The molecule has 0 unspecified atom stereocenters. The zero-order valence-corrected chi connectivity index (χ0v) is 17.7. The standard InChI is InChI=1S/C23H30N2O6/c26-18-9-15-12-25(23(28)6-8-24-7-2-1-3-22(24)27)13-16(15)10-20(18)31-17-4-5-19-21(11-17)30-14-29-19/h4-5,11,15-16,18,20,26H,1-3,6-10,12-14H2/t15-,16+,18+,20+/m0/s1. The molecule has 1 aliphatic carbocycles. The van der Waals surface area contributed by atoms with E-state index in [0.29, 0.717) is 74.4 Å². The molecular weight excluding hydrogens is 400 g/mol. The van der Waals surface area contributed by atoms with Crippen molar-refractivity contribution in [2.24, 2.45) is 11.8 Å². The van der Waals surface area contributed by atoms with E-state index < -0.39 is 6.10 Å². The second-order valence-corrected chi connectivity index (χ2v) is 9.12. The molecule has 3 heterocycles. The highest BCUT2D eigenvalue weighted by Gasteiger charge is 2.44. The number of hydrogen-bond acceptors (Lipinski definition) is 6. The van der Waals surface area contributed by atoms with E-state index in [4.69, 9.17) is 14.2 Å². The van der Waals surface area contributed by atoms with Gasteiger partial charge in [0, 0.05) is 45.1 Å². The van der Waals surface area contributed by atoms with Crippen LogP contribution >= 0.6 is 0 Å². The fourth-order valence-electron chi connectivity index (χ4n) is 5.33. The topological polar surface area (TPSA) is 88.5 Å². The molecule has 8 heteroatoms. The number of piperidine rings is 1. The van der Waals surface area contributed by atoms with Crippen LogP contribution < -0.4 is 14.2 Å². The molecule has 2 amide bonds. The lowest BCUT2D eigenvalue weighted by molar-refractivity contribution is -0.135. The summed E-state index contributed by atoms with van der Waals surface area (Å²) in [5, 5.41) is 10.7. The third-order valence-electron chi connectivity index (χ3n) is 7.09. The number of carbonyl (C=O) groups excluding carboxylic acids is 2. The molecule has 4 aliphatic rings. The van der Waals surface area contributed by atoms with Crippen LogP contribution in [0.4, 0.5) is 0 Å². The van der Waals surface area contributed by atoms with Crippen LogP contribution in [0.2, 0.25) is 0 Å². The van der Waals surface area contributed by atoms with Gasteiger partial charge in [-0.3, -0.25) is 9.59 Å². The number of fused-ring (bicyclic) bond motifs is 2. The van der Waals surface area contributed by atoms with Crippen molar-refractivity contribution in [2.75, 3.05) is 33.0 Å². The Morgan fingerprint density at radius 1 is 1.13 bits per heavy atom. The van der Waals surface area contributed by atoms with Gasteiger partial charge in [-0.2, -0.15) is 0 Å². The maximum Gasteiger partial charge on any atom is 0.231 e. The molecule has 31 heavy (non-hydrogen) atoms. The number of nitrogens with zero attached hydrogens (tertiary/aromatic N) is 2. The number of amides is 2. The van der Waals surface area contributed by atoms with Gasteiger partial charge in [0.1, 0.15) is 11.9 Å². The number of ether oxygens (including phenoxy) is 3. The fourth-order valence-corrected chi connectivity index (χ4v) is 5.33. The molecule has 2 saturated heterocycles. The number of likely N-dealkylation sites (tertiary alicyclic amines) is 2. The van der Waals surface area contributed by atoms with Crippen molar-refractivity contribution in [2.45, 2.75) is 50.7 Å². The van der Waals surface area contributed by atoms with Crippen LogP contribution in [0.3, 0.4) is 0 Å². The van der Waals surface area contributed by atoms with Crippen molar-refractivity contribution in [3.05, 3.63) is 18.2 Å². The molecule has 4 atom stereocenters. The van der Waals surface area contributed by atoms with Crippen molar-refractivity contribution >= 4 is 11.8 Å². The van der Waals surface area contributed by atoms with Crippen LogP contribution in [-0.4, -0.2) is 71.9 Å². The Bertz CT molecular complexity index is 845. The molecular formula is C23H30N2O6. The molecule has 5 rings (SSSR count). The van der Waals surface area contributed by atoms with E-state index in [-0.39, 0.29) is 24.7 Å². The van der Waals surface area contributed by atoms with E-state index in [1.807, 2.05) is 21.9 Å². The number of rotatable bonds is 5. The van der Waals surface area contributed by atoms with Gasteiger partial charge in [0.2, 0.25) is 18.6 Å². The monoisotopic (exact) mass is 430 g/mol. The highest BCUT2D eigenvalue weighted by molar-refractivity contribution is 5.79. The summed E-state index contributed by atoms with van der Waals surface area (Å²) in [6.45, 7) is 2.88. The number of aliphatic hydroxyl groups is 1. The van der Waals surface area contributed by atoms with Crippen LogP contribution in [0.25, 0.3) is 0 Å². The minimum absolute atomic E-state index is 0.107. The minimum Gasteiger partial charge on any atom is -0.488 e. The molecule has 1 N–H and O–H groups in total. The van der Waals surface area contributed by atoms with Crippen LogP contribution in [0.5, 0.6) is 17.2 Å². The molecule has 168 valence electrons. The summed E-state index contributed by atoms with van der Waals surface area (Å²) >= 11 is 0. The minimum atomic E-state index is -0.562. The van der Waals surface area contributed by atoms with Crippen LogP contribution in [0.15, 0.2) is 18.2 Å². The summed E-state index contributed by atoms with van der Waals surface area (Å²) in [6.07, 6.45) is 3.45. The SMILES string of the molecule is O=C1CCCCN1CCC(=O)N1C[C@H]2C[C@@H](Oc3ccc4c(c3)OCO4)[C@H](O)C[C@H]2C1. The van der Waals surface area contributed by atoms with Gasteiger partial charge in [-0.15, -0.1) is 0 Å². The first kappa shape index (κ1) is 20.4. The van der Waals surface area contributed by atoms with Crippen LogP contribution in [0.1, 0.15) is 38.5 Å². The first-order chi connectivity index (χ1) is 15.1. The lowest BCUT2D eigenvalue weighted by Crippen LogP contribution is -2.42. The van der Waals surface area contributed by atoms with Crippen LogP contribution in [0, 0.1) is 11.8 Å². The summed E-state index contributed by atoms with van der Waals surface area (Å²) in [6, 6.07) is 5.45. The van der Waals surface area contributed by atoms with E-state index in [9.17, 15) is 14.7 Å². The smallest absolute Gasteiger partial charge is 0.231 e. The number of hydrogen-bond donors (Lipinski definition) is 1. The number of benzene rings is 1. The Balaban J connectivity index is 1.15.